The second-order valence-corrected chi connectivity index (χ2v) is 9.26. The summed E-state index contributed by atoms with van der Waals surface area (Å²) in [4.78, 5) is 23.5. The first-order chi connectivity index (χ1) is 18.3. The Balaban J connectivity index is 1.83. The van der Waals surface area contributed by atoms with E-state index in [1.165, 1.54) is 18.1 Å². The minimum absolute atomic E-state index is 0.0293. The van der Waals surface area contributed by atoms with E-state index in [0.29, 0.717) is 27.5 Å². The number of para-hydroxylation sites is 2. The van der Waals surface area contributed by atoms with Crippen LogP contribution >= 0.6 is 11.6 Å². The van der Waals surface area contributed by atoms with E-state index in [1.54, 1.807) is 67.7 Å². The molecule has 0 spiro atoms. The fourth-order valence-corrected chi connectivity index (χ4v) is 4.37. The molecular formula is C26H22ClN6O4S-. The molecule has 0 bridgehead atoms. The number of nitriles is 1. The molecular weight excluding hydrogens is 528 g/mol. The number of hydrogen-bond donors (Lipinski definition) is 1. The highest BCUT2D eigenvalue weighted by molar-refractivity contribution is 7.81. The normalized spacial score (nSPS) is 11.4. The van der Waals surface area contributed by atoms with E-state index in [-0.39, 0.29) is 41.8 Å². The maximum atomic E-state index is 12.9. The molecule has 0 saturated heterocycles. The van der Waals surface area contributed by atoms with Crippen molar-refractivity contribution in [3.05, 3.63) is 77.3 Å². The van der Waals surface area contributed by atoms with Crippen molar-refractivity contribution in [2.24, 2.45) is 0 Å². The molecule has 0 saturated carbocycles. The number of methoxy groups -OCH3 is 1. The highest BCUT2D eigenvalue weighted by atomic mass is 35.5. The molecule has 1 heterocycles. The van der Waals surface area contributed by atoms with Crippen LogP contribution in [-0.2, 0) is 11.3 Å². The molecule has 0 aliphatic heterocycles. The Morgan fingerprint density at radius 2 is 1.87 bits per heavy atom. The number of ether oxygens (including phenoxy) is 1. The van der Waals surface area contributed by atoms with Crippen molar-refractivity contribution in [1.29, 1.82) is 5.26 Å². The van der Waals surface area contributed by atoms with Crippen molar-refractivity contribution < 1.29 is 18.3 Å². The van der Waals surface area contributed by atoms with Crippen LogP contribution in [0, 0.1) is 11.3 Å². The van der Waals surface area contributed by atoms with Gasteiger partial charge in [0.15, 0.2) is 11.6 Å². The first-order valence-electron chi connectivity index (χ1n) is 11.3. The van der Waals surface area contributed by atoms with Gasteiger partial charge in [-0.25, -0.2) is 9.97 Å². The molecule has 1 aromatic heterocycles. The highest BCUT2D eigenvalue weighted by Crippen LogP contribution is 2.36. The molecule has 0 fully saturated rings. The van der Waals surface area contributed by atoms with E-state index < -0.39 is 11.3 Å². The van der Waals surface area contributed by atoms with Gasteiger partial charge in [-0.2, -0.15) is 5.26 Å². The third-order valence-electron chi connectivity index (χ3n) is 5.55. The number of nitrogens with one attached hydrogen (secondary N) is 1. The lowest BCUT2D eigenvalue weighted by atomic mass is 10.1. The van der Waals surface area contributed by atoms with Gasteiger partial charge in [0.2, 0.25) is 0 Å². The van der Waals surface area contributed by atoms with Crippen LogP contribution in [0.5, 0.6) is 5.75 Å². The van der Waals surface area contributed by atoms with E-state index in [4.69, 9.17) is 21.6 Å². The van der Waals surface area contributed by atoms with Gasteiger partial charge < -0.3 is 19.5 Å². The summed E-state index contributed by atoms with van der Waals surface area (Å²) in [6, 6.07) is 20.1. The van der Waals surface area contributed by atoms with Crippen LogP contribution in [0.2, 0.25) is 5.02 Å². The van der Waals surface area contributed by atoms with Gasteiger partial charge in [-0.1, -0.05) is 29.8 Å². The van der Waals surface area contributed by atoms with Crippen LogP contribution in [0.1, 0.15) is 16.8 Å². The summed E-state index contributed by atoms with van der Waals surface area (Å²) in [5.74, 6) is 0.261. The number of halogens is 1. The van der Waals surface area contributed by atoms with Gasteiger partial charge in [0.05, 0.1) is 58.3 Å². The number of nitrogens with zero attached hydrogens (tertiary/aromatic N) is 5. The number of carbonyl (C=O) groups is 1. The van der Waals surface area contributed by atoms with Crippen LogP contribution in [0.15, 0.2) is 66.7 Å². The first-order valence-corrected chi connectivity index (χ1v) is 12.7. The average molecular weight is 550 g/mol. The maximum Gasteiger partial charge on any atom is 0.253 e. The number of benzene rings is 3. The van der Waals surface area contributed by atoms with E-state index in [0.717, 1.165) is 4.31 Å². The van der Waals surface area contributed by atoms with Crippen LogP contribution in [0.25, 0.3) is 11.0 Å². The lowest BCUT2D eigenvalue weighted by Crippen LogP contribution is -2.28. The highest BCUT2D eigenvalue weighted by Gasteiger charge is 2.22. The average Bonchev–Trinajstić information content (AvgIpc) is 2.92. The molecule has 0 radical (unpaired) electrons. The number of aromatic nitrogens is 2. The van der Waals surface area contributed by atoms with Gasteiger partial charge in [0, 0.05) is 25.2 Å². The van der Waals surface area contributed by atoms with Gasteiger partial charge in [0.25, 0.3) is 5.91 Å². The van der Waals surface area contributed by atoms with Crippen molar-refractivity contribution in [2.75, 3.05) is 30.3 Å². The molecule has 1 atom stereocenters. The molecule has 0 aliphatic rings. The van der Waals surface area contributed by atoms with Crippen LogP contribution in [0.3, 0.4) is 0 Å². The third-order valence-corrected chi connectivity index (χ3v) is 6.56. The molecule has 0 aliphatic carbocycles. The zero-order valence-electron chi connectivity index (χ0n) is 20.4. The molecule has 38 heavy (non-hydrogen) atoms. The molecule has 194 valence electrons. The first kappa shape index (κ1) is 26.8. The van der Waals surface area contributed by atoms with Crippen molar-refractivity contribution >= 4 is 62.8 Å². The van der Waals surface area contributed by atoms with Gasteiger partial charge in [-0.05, 0) is 42.5 Å². The summed E-state index contributed by atoms with van der Waals surface area (Å²) >= 11 is 3.54. The Kier molecular flexibility index (Phi) is 8.38. The molecule has 12 heteroatoms. The quantitative estimate of drug-likeness (QED) is 0.290. The second-order valence-electron chi connectivity index (χ2n) is 8.05. The fourth-order valence-electron chi connectivity index (χ4n) is 3.65. The van der Waals surface area contributed by atoms with Gasteiger partial charge in [-0.15, -0.1) is 0 Å². The molecule has 4 rings (SSSR count). The Hall–Kier alpha value is -4.24. The molecule has 3 aromatic carbocycles. The smallest absolute Gasteiger partial charge is 0.253 e. The van der Waals surface area contributed by atoms with Crippen molar-refractivity contribution in [1.82, 2.24) is 14.9 Å². The zero-order valence-corrected chi connectivity index (χ0v) is 22.0. The number of rotatable bonds is 9. The molecule has 10 nitrogen and oxygen atoms in total. The Morgan fingerprint density at radius 1 is 1.13 bits per heavy atom. The van der Waals surface area contributed by atoms with Gasteiger partial charge >= 0.3 is 0 Å². The van der Waals surface area contributed by atoms with E-state index in [2.05, 4.69) is 15.3 Å². The number of fused-ring (bicyclic) bond motifs is 1. The minimum atomic E-state index is -2.85. The number of anilines is 4. The Morgan fingerprint density at radius 3 is 2.55 bits per heavy atom. The molecule has 1 amide bonds. The molecule has 1 N–H and O–H groups in total. The summed E-state index contributed by atoms with van der Waals surface area (Å²) in [5, 5.41) is 12.3. The summed E-state index contributed by atoms with van der Waals surface area (Å²) in [7, 11) is 3.09. The zero-order chi connectivity index (χ0) is 27.2. The predicted molar refractivity (Wildman–Crippen MR) is 146 cm³/mol. The topological polar surface area (TPSA) is 135 Å². The van der Waals surface area contributed by atoms with Gasteiger partial charge in [0.1, 0.15) is 5.75 Å². The molecule has 1 unspecified atom stereocenters. The predicted octanol–water partition coefficient (Wildman–Crippen LogP) is 4.95. The lowest BCUT2D eigenvalue weighted by Gasteiger charge is -2.28. The largest absolute Gasteiger partial charge is 0.755 e. The van der Waals surface area contributed by atoms with Crippen LogP contribution < -0.4 is 14.4 Å². The van der Waals surface area contributed by atoms with E-state index in [1.807, 2.05) is 6.07 Å². The standard InChI is InChI=1S/C26H23ClN6O4S/c1-32(14-6-13-28)26(34)17-7-5-8-18(15-17)33(38(35)36)25-24(29-21-9-3-4-10-22(21)31-25)30-23-16-19(37-2)11-12-20(23)27/h3-5,7-12,15-16H,6,14H2,1-2H3,(H,29,30)(H,35,36)/p-1. The lowest BCUT2D eigenvalue weighted by molar-refractivity contribution is 0.0798. The van der Waals surface area contributed by atoms with Gasteiger partial charge in [-0.3, -0.25) is 13.3 Å². The van der Waals surface area contributed by atoms with Crippen LogP contribution in [0.4, 0.5) is 23.0 Å². The SMILES string of the molecule is COc1ccc(Cl)c(Nc2nc3ccccc3nc2N(c2cccc(C(=O)N(C)CCC#N)c2)S(=O)[O-])c1. The maximum absolute atomic E-state index is 12.9. The van der Waals surface area contributed by atoms with Crippen molar-refractivity contribution in [2.45, 2.75) is 6.42 Å². The minimum Gasteiger partial charge on any atom is -0.755 e. The van der Waals surface area contributed by atoms with Crippen LogP contribution in [-0.4, -0.2) is 50.2 Å². The van der Waals surface area contributed by atoms with E-state index >= 15 is 0 Å². The van der Waals surface area contributed by atoms with Crippen molar-refractivity contribution in [3.63, 3.8) is 0 Å². The number of hydrogen-bond acceptors (Lipinski definition) is 8. The number of carbonyl (C=O) groups excluding carboxylic acids is 1. The second kappa shape index (κ2) is 11.9. The van der Waals surface area contributed by atoms with E-state index in [9.17, 15) is 13.6 Å². The monoisotopic (exact) mass is 549 g/mol. The number of amides is 1. The summed E-state index contributed by atoms with van der Waals surface area (Å²) in [6.45, 7) is 0.238. The fraction of sp³-hybridized carbons (Fsp3) is 0.154. The summed E-state index contributed by atoms with van der Waals surface area (Å²) in [6.07, 6.45) is 0.174. The Labute approximate surface area is 226 Å². The Bertz CT molecular complexity index is 1560. The summed E-state index contributed by atoms with van der Waals surface area (Å²) in [5.41, 5.74) is 1.83. The third kappa shape index (κ3) is 5.84. The van der Waals surface area contributed by atoms with Crippen molar-refractivity contribution in [3.8, 4) is 11.8 Å². The molecule has 4 aromatic rings. The summed E-state index contributed by atoms with van der Waals surface area (Å²) < 4.78 is 31.5.